The summed E-state index contributed by atoms with van der Waals surface area (Å²) in [4.78, 5) is 12.6. The largest absolute Gasteiger partial charge is 0.482 e. The zero-order valence-corrected chi connectivity index (χ0v) is 14.2. The molecule has 0 amide bonds. The van der Waals surface area contributed by atoms with Crippen molar-refractivity contribution in [2.75, 3.05) is 19.0 Å². The Labute approximate surface area is 142 Å². The molecule has 0 aliphatic rings. The summed E-state index contributed by atoms with van der Waals surface area (Å²) in [7, 11) is 0. The van der Waals surface area contributed by atoms with Crippen molar-refractivity contribution in [3.8, 4) is 5.75 Å². The van der Waals surface area contributed by atoms with E-state index in [-0.39, 0.29) is 12.6 Å². The molecule has 0 aliphatic heterocycles. The fraction of sp³-hybridized carbons (Fsp3) is 0.316. The highest BCUT2D eigenvalue weighted by molar-refractivity contribution is 7.99. The van der Waals surface area contributed by atoms with E-state index in [0.717, 1.165) is 18.6 Å². The molecule has 0 spiro atoms. The van der Waals surface area contributed by atoms with E-state index in [1.54, 1.807) is 6.92 Å². The summed E-state index contributed by atoms with van der Waals surface area (Å²) >= 11 is 1.87. The number of hydrogen-bond donors (Lipinski definition) is 0. The Kier molecular flexibility index (Phi) is 7.54. The van der Waals surface area contributed by atoms with Gasteiger partial charge < -0.3 is 9.47 Å². The van der Waals surface area contributed by atoms with Crippen LogP contribution in [0.4, 0.5) is 0 Å². The maximum atomic E-state index is 11.3. The number of rotatable bonds is 9. The van der Waals surface area contributed by atoms with Gasteiger partial charge in [0.1, 0.15) is 5.75 Å². The van der Waals surface area contributed by atoms with Crippen LogP contribution in [-0.2, 0) is 16.0 Å². The Bertz CT molecular complexity index is 599. The maximum absolute atomic E-state index is 11.3. The summed E-state index contributed by atoms with van der Waals surface area (Å²) in [6, 6.07) is 18.3. The summed E-state index contributed by atoms with van der Waals surface area (Å²) in [6.07, 6.45) is 2.09. The van der Waals surface area contributed by atoms with E-state index < -0.39 is 0 Å². The average molecular weight is 330 g/mol. The Hall–Kier alpha value is -1.94. The lowest BCUT2D eigenvalue weighted by Gasteiger charge is -2.08. The van der Waals surface area contributed by atoms with Crippen LogP contribution in [0.5, 0.6) is 5.75 Å². The van der Waals surface area contributed by atoms with Gasteiger partial charge in [-0.1, -0.05) is 30.3 Å². The molecule has 0 heterocycles. The molecule has 3 nitrogen and oxygen atoms in total. The Morgan fingerprint density at radius 1 is 1.09 bits per heavy atom. The number of carbonyl (C=O) groups is 1. The first kappa shape index (κ1) is 17.4. The van der Waals surface area contributed by atoms with E-state index in [4.69, 9.17) is 9.47 Å². The lowest BCUT2D eigenvalue weighted by atomic mass is 10.1. The highest BCUT2D eigenvalue weighted by Crippen LogP contribution is 2.20. The number of carbonyl (C=O) groups excluding carboxylic acids is 1. The lowest BCUT2D eigenvalue weighted by molar-refractivity contribution is -0.145. The topological polar surface area (TPSA) is 35.5 Å². The highest BCUT2D eigenvalue weighted by Gasteiger charge is 2.03. The van der Waals surface area contributed by atoms with Crippen LogP contribution in [0.25, 0.3) is 0 Å². The fourth-order valence-corrected chi connectivity index (χ4v) is 2.99. The average Bonchev–Trinajstić information content (AvgIpc) is 2.59. The minimum Gasteiger partial charge on any atom is -0.482 e. The molecule has 23 heavy (non-hydrogen) atoms. The first-order chi connectivity index (χ1) is 11.3. The van der Waals surface area contributed by atoms with Gasteiger partial charge in [0, 0.05) is 4.90 Å². The molecule has 2 aromatic rings. The SMILES string of the molecule is CCOC(=O)COc1cccc(CCCSc2ccccc2)c1. The van der Waals surface area contributed by atoms with Crippen LogP contribution >= 0.6 is 11.8 Å². The normalized spacial score (nSPS) is 10.3. The molecule has 2 aromatic carbocycles. The molecule has 0 unspecified atom stereocenters. The molecule has 0 radical (unpaired) electrons. The third-order valence-corrected chi connectivity index (χ3v) is 4.28. The minimum absolute atomic E-state index is 0.0405. The van der Waals surface area contributed by atoms with Crippen LogP contribution in [0.3, 0.4) is 0 Å². The van der Waals surface area contributed by atoms with Crippen molar-refractivity contribution < 1.29 is 14.3 Å². The number of hydrogen-bond acceptors (Lipinski definition) is 4. The predicted molar refractivity (Wildman–Crippen MR) is 94.1 cm³/mol. The second kappa shape index (κ2) is 9.95. The summed E-state index contributed by atoms with van der Waals surface area (Å²) < 4.78 is 10.3. The van der Waals surface area contributed by atoms with E-state index in [1.165, 1.54) is 10.5 Å². The maximum Gasteiger partial charge on any atom is 0.344 e. The zero-order valence-electron chi connectivity index (χ0n) is 13.4. The van der Waals surface area contributed by atoms with Crippen LogP contribution in [0.15, 0.2) is 59.5 Å². The fourth-order valence-electron chi connectivity index (χ4n) is 2.12. The standard InChI is InChI=1S/C19H22O3S/c1-2-21-19(20)15-22-17-10-6-8-16(14-17)9-7-13-23-18-11-4-3-5-12-18/h3-6,8,10-12,14H,2,7,9,13,15H2,1H3. The van der Waals surface area contributed by atoms with Gasteiger partial charge in [-0.3, -0.25) is 0 Å². The third-order valence-electron chi connectivity index (χ3n) is 3.18. The minimum atomic E-state index is -0.336. The zero-order chi connectivity index (χ0) is 16.3. The van der Waals surface area contributed by atoms with Crippen LogP contribution in [0.2, 0.25) is 0 Å². The molecule has 0 bridgehead atoms. The van der Waals surface area contributed by atoms with Gasteiger partial charge in [0.15, 0.2) is 6.61 Å². The van der Waals surface area contributed by atoms with Crippen LogP contribution in [0.1, 0.15) is 18.9 Å². The molecule has 0 saturated carbocycles. The van der Waals surface area contributed by atoms with Gasteiger partial charge in [0.2, 0.25) is 0 Å². The molecule has 0 aliphatic carbocycles. The van der Waals surface area contributed by atoms with Crippen molar-refractivity contribution in [1.82, 2.24) is 0 Å². The summed E-state index contributed by atoms with van der Waals surface area (Å²) in [5.74, 6) is 1.46. The van der Waals surface area contributed by atoms with Gasteiger partial charge >= 0.3 is 5.97 Å². The molecule has 122 valence electrons. The number of thioether (sulfide) groups is 1. The van der Waals surface area contributed by atoms with Crippen molar-refractivity contribution in [2.45, 2.75) is 24.7 Å². The van der Waals surface area contributed by atoms with Gasteiger partial charge in [-0.05, 0) is 55.3 Å². The lowest BCUT2D eigenvalue weighted by Crippen LogP contribution is -2.14. The van der Waals surface area contributed by atoms with Gasteiger partial charge in [0.05, 0.1) is 6.61 Å². The van der Waals surface area contributed by atoms with Crippen LogP contribution < -0.4 is 4.74 Å². The van der Waals surface area contributed by atoms with E-state index >= 15 is 0 Å². The Balaban J connectivity index is 1.73. The number of aryl methyl sites for hydroxylation is 1. The van der Waals surface area contributed by atoms with Crippen molar-refractivity contribution in [3.05, 3.63) is 60.2 Å². The van der Waals surface area contributed by atoms with E-state index in [0.29, 0.717) is 12.4 Å². The molecule has 4 heteroatoms. The molecule has 0 atom stereocenters. The predicted octanol–water partition coefficient (Wildman–Crippen LogP) is 4.35. The Morgan fingerprint density at radius 3 is 2.70 bits per heavy atom. The number of ether oxygens (including phenoxy) is 2. The molecule has 2 rings (SSSR count). The van der Waals surface area contributed by atoms with Gasteiger partial charge in [-0.25, -0.2) is 4.79 Å². The molecular formula is C19H22O3S. The number of esters is 1. The van der Waals surface area contributed by atoms with Crippen LogP contribution in [-0.4, -0.2) is 24.9 Å². The van der Waals surface area contributed by atoms with E-state index in [2.05, 4.69) is 30.3 Å². The second-order valence-electron chi connectivity index (χ2n) is 5.01. The number of benzene rings is 2. The van der Waals surface area contributed by atoms with Crippen molar-refractivity contribution in [1.29, 1.82) is 0 Å². The van der Waals surface area contributed by atoms with Crippen molar-refractivity contribution >= 4 is 17.7 Å². The van der Waals surface area contributed by atoms with E-state index in [1.807, 2.05) is 36.0 Å². The smallest absolute Gasteiger partial charge is 0.344 e. The molecule has 0 N–H and O–H groups in total. The van der Waals surface area contributed by atoms with Crippen LogP contribution in [0, 0.1) is 0 Å². The summed E-state index contributed by atoms with van der Waals surface area (Å²) in [6.45, 7) is 2.12. The summed E-state index contributed by atoms with van der Waals surface area (Å²) in [5, 5.41) is 0. The first-order valence-corrected chi connectivity index (χ1v) is 8.81. The quantitative estimate of drug-likeness (QED) is 0.389. The van der Waals surface area contributed by atoms with Gasteiger partial charge in [0.25, 0.3) is 0 Å². The van der Waals surface area contributed by atoms with E-state index in [9.17, 15) is 4.79 Å². The third kappa shape index (κ3) is 6.78. The molecule has 0 saturated heterocycles. The monoisotopic (exact) mass is 330 g/mol. The molecular weight excluding hydrogens is 308 g/mol. The second-order valence-corrected chi connectivity index (χ2v) is 6.17. The molecule has 0 aromatic heterocycles. The van der Waals surface area contributed by atoms with Crippen molar-refractivity contribution in [3.63, 3.8) is 0 Å². The highest BCUT2D eigenvalue weighted by atomic mass is 32.2. The Morgan fingerprint density at radius 2 is 1.91 bits per heavy atom. The molecule has 0 fully saturated rings. The van der Waals surface area contributed by atoms with Crippen molar-refractivity contribution in [2.24, 2.45) is 0 Å². The van der Waals surface area contributed by atoms with Gasteiger partial charge in [-0.15, -0.1) is 11.8 Å². The summed E-state index contributed by atoms with van der Waals surface area (Å²) in [5.41, 5.74) is 1.22. The van der Waals surface area contributed by atoms with Gasteiger partial charge in [-0.2, -0.15) is 0 Å². The first-order valence-electron chi connectivity index (χ1n) is 7.83.